The van der Waals surface area contributed by atoms with Gasteiger partial charge in [-0.1, -0.05) is 56.7 Å². The lowest BCUT2D eigenvalue weighted by atomic mass is 9.97. The fraction of sp³-hybridized carbons (Fsp3) is 0.560. The molecular formula is C25H32N2O3. The molecule has 5 heteroatoms. The number of rotatable bonds is 4. The van der Waals surface area contributed by atoms with E-state index in [1.54, 1.807) is 0 Å². The molecule has 0 radical (unpaired) electrons. The van der Waals surface area contributed by atoms with Crippen molar-refractivity contribution in [2.45, 2.75) is 83.1 Å². The number of benzene rings is 1. The summed E-state index contributed by atoms with van der Waals surface area (Å²) in [6, 6.07) is 7.94. The van der Waals surface area contributed by atoms with Crippen LogP contribution in [-0.2, 0) is 22.4 Å². The standard InChI is InChI=1S/C25H32N2O3/c28-23(26-18-11-5-2-1-3-6-12-18)17-30-25(29)24-19-13-7-4-8-15-21(19)27-22-16-10-9-14-20(22)24/h9-10,14,16,18H,1-8,11-13,15,17H2,(H,26,28). The molecule has 1 amide bonds. The van der Waals surface area contributed by atoms with E-state index in [0.29, 0.717) is 5.56 Å². The number of amides is 1. The largest absolute Gasteiger partial charge is 0.452 e. The number of aryl methyl sites for hydroxylation is 1. The number of ether oxygens (including phenoxy) is 1. The molecule has 1 heterocycles. The molecule has 0 aliphatic heterocycles. The third kappa shape index (κ3) is 5.00. The Morgan fingerprint density at radius 2 is 1.63 bits per heavy atom. The van der Waals surface area contributed by atoms with Crippen LogP contribution in [0.2, 0.25) is 0 Å². The third-order valence-corrected chi connectivity index (χ3v) is 6.43. The highest BCUT2D eigenvalue weighted by Gasteiger charge is 2.24. The van der Waals surface area contributed by atoms with E-state index in [1.807, 2.05) is 24.3 Å². The van der Waals surface area contributed by atoms with Gasteiger partial charge in [0.1, 0.15) is 0 Å². The minimum absolute atomic E-state index is 0.196. The zero-order valence-corrected chi connectivity index (χ0v) is 17.8. The summed E-state index contributed by atoms with van der Waals surface area (Å²) in [6.45, 7) is -0.221. The predicted octanol–water partition coefficient (Wildman–Crippen LogP) is 4.89. The van der Waals surface area contributed by atoms with Crippen LogP contribution >= 0.6 is 0 Å². The van der Waals surface area contributed by atoms with Gasteiger partial charge in [0.15, 0.2) is 6.61 Å². The van der Waals surface area contributed by atoms with Gasteiger partial charge in [-0.25, -0.2) is 4.79 Å². The van der Waals surface area contributed by atoms with Crippen LogP contribution < -0.4 is 5.32 Å². The second-order valence-corrected chi connectivity index (χ2v) is 8.68. The Balaban J connectivity index is 1.47. The first-order chi connectivity index (χ1) is 14.7. The monoisotopic (exact) mass is 408 g/mol. The van der Waals surface area contributed by atoms with Crippen LogP contribution in [0.4, 0.5) is 0 Å². The molecule has 0 bridgehead atoms. The van der Waals surface area contributed by atoms with Gasteiger partial charge in [-0.3, -0.25) is 9.78 Å². The number of hydrogen-bond acceptors (Lipinski definition) is 4. The van der Waals surface area contributed by atoms with Crippen molar-refractivity contribution in [3.63, 3.8) is 0 Å². The summed E-state index contributed by atoms with van der Waals surface area (Å²) < 4.78 is 5.52. The molecule has 2 aliphatic rings. The molecule has 0 saturated heterocycles. The van der Waals surface area contributed by atoms with Crippen molar-refractivity contribution in [2.75, 3.05) is 6.61 Å². The third-order valence-electron chi connectivity index (χ3n) is 6.43. The van der Waals surface area contributed by atoms with E-state index < -0.39 is 5.97 Å². The lowest BCUT2D eigenvalue weighted by Crippen LogP contribution is -2.38. The minimum Gasteiger partial charge on any atom is -0.452 e. The van der Waals surface area contributed by atoms with Crippen LogP contribution in [0.25, 0.3) is 10.9 Å². The Hall–Kier alpha value is -2.43. The number of esters is 1. The zero-order chi connectivity index (χ0) is 20.8. The molecule has 1 aromatic carbocycles. The van der Waals surface area contributed by atoms with Crippen molar-refractivity contribution < 1.29 is 14.3 Å². The second kappa shape index (κ2) is 10.1. The van der Waals surface area contributed by atoms with Gasteiger partial charge in [0.2, 0.25) is 0 Å². The van der Waals surface area contributed by atoms with Crippen LogP contribution in [0.15, 0.2) is 24.3 Å². The van der Waals surface area contributed by atoms with Crippen LogP contribution in [0, 0.1) is 0 Å². The molecule has 0 atom stereocenters. The molecule has 1 saturated carbocycles. The number of pyridine rings is 1. The molecular weight excluding hydrogens is 376 g/mol. The van der Waals surface area contributed by atoms with Crippen LogP contribution in [0.5, 0.6) is 0 Å². The zero-order valence-electron chi connectivity index (χ0n) is 17.8. The number of carbonyl (C=O) groups is 2. The maximum Gasteiger partial charge on any atom is 0.339 e. The lowest BCUT2D eigenvalue weighted by molar-refractivity contribution is -0.125. The van der Waals surface area contributed by atoms with E-state index >= 15 is 0 Å². The normalized spacial score (nSPS) is 18.0. The number of hydrogen-bond donors (Lipinski definition) is 1. The van der Waals surface area contributed by atoms with E-state index in [2.05, 4.69) is 5.32 Å². The Labute approximate surface area is 178 Å². The molecule has 1 fully saturated rings. The maximum absolute atomic E-state index is 13.1. The molecule has 5 nitrogen and oxygen atoms in total. The van der Waals surface area contributed by atoms with Gasteiger partial charge in [-0.2, -0.15) is 0 Å². The number of aromatic nitrogens is 1. The van der Waals surface area contributed by atoms with Gasteiger partial charge >= 0.3 is 5.97 Å². The van der Waals surface area contributed by atoms with Gasteiger partial charge in [-0.15, -0.1) is 0 Å². The lowest BCUT2D eigenvalue weighted by Gasteiger charge is -2.21. The summed E-state index contributed by atoms with van der Waals surface area (Å²) in [5.41, 5.74) is 3.45. The van der Waals surface area contributed by atoms with E-state index in [9.17, 15) is 9.59 Å². The molecule has 0 unspecified atom stereocenters. The van der Waals surface area contributed by atoms with Gasteiger partial charge < -0.3 is 10.1 Å². The molecule has 1 aromatic heterocycles. The Morgan fingerprint density at radius 3 is 2.47 bits per heavy atom. The average Bonchev–Trinajstić information content (AvgIpc) is 2.97. The number of para-hydroxylation sites is 1. The molecule has 2 aromatic rings. The first-order valence-electron chi connectivity index (χ1n) is 11.6. The fourth-order valence-corrected chi connectivity index (χ4v) is 4.86. The second-order valence-electron chi connectivity index (χ2n) is 8.68. The van der Waals surface area contributed by atoms with Gasteiger partial charge in [-0.05, 0) is 50.2 Å². The van der Waals surface area contributed by atoms with Crippen molar-refractivity contribution in [3.05, 3.63) is 41.1 Å². The minimum atomic E-state index is -0.403. The first-order valence-corrected chi connectivity index (χ1v) is 11.6. The van der Waals surface area contributed by atoms with Gasteiger partial charge in [0, 0.05) is 17.1 Å². The molecule has 1 N–H and O–H groups in total. The molecule has 2 aliphatic carbocycles. The molecule has 4 rings (SSSR count). The van der Waals surface area contributed by atoms with Crippen molar-refractivity contribution in [1.29, 1.82) is 0 Å². The first kappa shape index (κ1) is 20.8. The van der Waals surface area contributed by atoms with Crippen molar-refractivity contribution in [2.24, 2.45) is 0 Å². The van der Waals surface area contributed by atoms with Gasteiger partial charge in [0.25, 0.3) is 5.91 Å². The van der Waals surface area contributed by atoms with Gasteiger partial charge in [0.05, 0.1) is 11.1 Å². The van der Waals surface area contributed by atoms with Crippen molar-refractivity contribution >= 4 is 22.8 Å². The molecule has 0 spiro atoms. The summed E-state index contributed by atoms with van der Waals surface area (Å²) in [4.78, 5) is 30.4. The van der Waals surface area contributed by atoms with E-state index in [4.69, 9.17) is 9.72 Å². The summed E-state index contributed by atoms with van der Waals surface area (Å²) in [5, 5.41) is 3.90. The summed E-state index contributed by atoms with van der Waals surface area (Å²) in [6.07, 6.45) is 13.1. The summed E-state index contributed by atoms with van der Waals surface area (Å²) >= 11 is 0. The van der Waals surface area contributed by atoms with Crippen LogP contribution in [0.1, 0.15) is 85.8 Å². The van der Waals surface area contributed by atoms with E-state index in [1.165, 1.54) is 19.3 Å². The molecule has 30 heavy (non-hydrogen) atoms. The topological polar surface area (TPSA) is 68.3 Å². The van der Waals surface area contributed by atoms with E-state index in [-0.39, 0.29) is 18.6 Å². The summed E-state index contributed by atoms with van der Waals surface area (Å²) in [7, 11) is 0. The van der Waals surface area contributed by atoms with Crippen LogP contribution in [0.3, 0.4) is 0 Å². The van der Waals surface area contributed by atoms with Crippen LogP contribution in [-0.4, -0.2) is 29.5 Å². The predicted molar refractivity (Wildman–Crippen MR) is 118 cm³/mol. The van der Waals surface area contributed by atoms with E-state index in [0.717, 1.165) is 79.9 Å². The smallest absolute Gasteiger partial charge is 0.339 e. The number of nitrogens with one attached hydrogen (secondary N) is 1. The highest BCUT2D eigenvalue weighted by atomic mass is 16.5. The highest BCUT2D eigenvalue weighted by molar-refractivity contribution is 6.05. The molecule has 160 valence electrons. The van der Waals surface area contributed by atoms with Crippen molar-refractivity contribution in [3.8, 4) is 0 Å². The Bertz CT molecular complexity index is 901. The Morgan fingerprint density at radius 1 is 0.933 bits per heavy atom. The summed E-state index contributed by atoms with van der Waals surface area (Å²) in [5.74, 6) is -0.599. The fourth-order valence-electron chi connectivity index (χ4n) is 4.86. The highest BCUT2D eigenvalue weighted by Crippen LogP contribution is 2.29. The van der Waals surface area contributed by atoms with Crippen molar-refractivity contribution in [1.82, 2.24) is 10.3 Å². The SMILES string of the molecule is O=C(COC(=O)c1c2c(nc3ccccc13)CCCCC2)NC1CCCCCCC1. The number of nitrogens with zero attached hydrogens (tertiary/aromatic N) is 1. The number of carbonyl (C=O) groups excluding carboxylic acids is 2. The average molecular weight is 409 g/mol. The maximum atomic E-state index is 13.1. The Kier molecular flexibility index (Phi) is 6.98. The quantitative estimate of drug-likeness (QED) is 0.578. The number of fused-ring (bicyclic) bond motifs is 2.